The largest absolute Gasteiger partial charge is 0.468 e. The van der Waals surface area contributed by atoms with Crippen LogP contribution in [0.15, 0.2) is 0 Å². The molecule has 5 heteroatoms. The number of esters is 1. The van der Waals surface area contributed by atoms with Gasteiger partial charge in [0.25, 0.3) is 0 Å². The molecule has 0 aromatic carbocycles. The lowest BCUT2D eigenvalue weighted by atomic mass is 9.96. The van der Waals surface area contributed by atoms with Gasteiger partial charge in [-0.3, -0.25) is 15.0 Å². The van der Waals surface area contributed by atoms with Crippen molar-refractivity contribution in [3.63, 3.8) is 0 Å². The van der Waals surface area contributed by atoms with Crippen LogP contribution < -0.4 is 5.32 Å². The Labute approximate surface area is 129 Å². The standard InChI is InChI=1S/C16H31N3O2/c1-13(2)17-16(3,15(20)21-4)7-9-18-10-11-19-8-5-6-14(19)12-18/h13-14,17H,5-12H2,1-4H3. The minimum Gasteiger partial charge on any atom is -0.468 e. The SMILES string of the molecule is COC(=O)C(C)(CCN1CCN2CCCC2C1)NC(C)C. The van der Waals surface area contributed by atoms with Crippen molar-refractivity contribution in [2.24, 2.45) is 0 Å². The molecule has 2 atom stereocenters. The second kappa shape index (κ2) is 7.07. The third-order valence-electron chi connectivity index (χ3n) is 4.84. The van der Waals surface area contributed by atoms with Crippen LogP contribution in [0.25, 0.3) is 0 Å². The fourth-order valence-electron chi connectivity index (χ4n) is 3.74. The van der Waals surface area contributed by atoms with E-state index in [1.807, 2.05) is 6.92 Å². The first-order valence-corrected chi connectivity index (χ1v) is 8.27. The number of methoxy groups -OCH3 is 1. The van der Waals surface area contributed by atoms with E-state index in [-0.39, 0.29) is 12.0 Å². The predicted molar refractivity (Wildman–Crippen MR) is 84.3 cm³/mol. The van der Waals surface area contributed by atoms with E-state index in [0.717, 1.165) is 32.1 Å². The first-order chi connectivity index (χ1) is 9.94. The van der Waals surface area contributed by atoms with Crippen molar-refractivity contribution in [3.05, 3.63) is 0 Å². The van der Waals surface area contributed by atoms with Crippen molar-refractivity contribution in [2.75, 3.05) is 39.8 Å². The summed E-state index contributed by atoms with van der Waals surface area (Å²) in [5, 5.41) is 3.38. The summed E-state index contributed by atoms with van der Waals surface area (Å²) < 4.78 is 5.00. The van der Waals surface area contributed by atoms with Crippen molar-refractivity contribution in [3.8, 4) is 0 Å². The normalized spacial score (nSPS) is 26.6. The van der Waals surface area contributed by atoms with Gasteiger partial charge in [-0.1, -0.05) is 0 Å². The number of ether oxygens (including phenoxy) is 1. The van der Waals surface area contributed by atoms with E-state index < -0.39 is 5.54 Å². The maximum Gasteiger partial charge on any atom is 0.325 e. The zero-order valence-electron chi connectivity index (χ0n) is 14.0. The third-order valence-corrected chi connectivity index (χ3v) is 4.84. The molecule has 0 aromatic rings. The zero-order chi connectivity index (χ0) is 15.5. The average Bonchev–Trinajstić information content (AvgIpc) is 2.91. The number of nitrogens with one attached hydrogen (secondary N) is 1. The zero-order valence-corrected chi connectivity index (χ0v) is 14.0. The van der Waals surface area contributed by atoms with Gasteiger partial charge in [0.2, 0.25) is 0 Å². The molecule has 2 saturated heterocycles. The fraction of sp³-hybridized carbons (Fsp3) is 0.938. The highest BCUT2D eigenvalue weighted by Gasteiger charge is 2.36. The summed E-state index contributed by atoms with van der Waals surface area (Å²) >= 11 is 0. The van der Waals surface area contributed by atoms with Gasteiger partial charge in [-0.05, 0) is 46.6 Å². The first kappa shape index (κ1) is 16.7. The average molecular weight is 297 g/mol. The van der Waals surface area contributed by atoms with Gasteiger partial charge in [0.15, 0.2) is 0 Å². The second-order valence-corrected chi connectivity index (χ2v) is 7.01. The monoisotopic (exact) mass is 297 g/mol. The van der Waals surface area contributed by atoms with Crippen LogP contribution in [0, 0.1) is 0 Å². The molecule has 21 heavy (non-hydrogen) atoms. The molecule has 0 radical (unpaired) electrons. The van der Waals surface area contributed by atoms with E-state index in [1.54, 1.807) is 0 Å². The van der Waals surface area contributed by atoms with E-state index in [1.165, 1.54) is 33.0 Å². The Kier molecular flexibility index (Phi) is 5.63. The van der Waals surface area contributed by atoms with Crippen LogP contribution in [0.5, 0.6) is 0 Å². The molecule has 1 N–H and O–H groups in total. The third kappa shape index (κ3) is 4.18. The minimum absolute atomic E-state index is 0.157. The number of fused-ring (bicyclic) bond motifs is 1. The van der Waals surface area contributed by atoms with Crippen molar-refractivity contribution in [1.29, 1.82) is 0 Å². The van der Waals surface area contributed by atoms with Gasteiger partial charge in [0, 0.05) is 38.3 Å². The molecule has 0 bridgehead atoms. The molecule has 2 aliphatic heterocycles. The number of carbonyl (C=O) groups is 1. The first-order valence-electron chi connectivity index (χ1n) is 8.27. The van der Waals surface area contributed by atoms with Crippen LogP contribution in [0.2, 0.25) is 0 Å². The quantitative estimate of drug-likeness (QED) is 0.744. The number of piperazine rings is 1. The van der Waals surface area contributed by atoms with Crippen molar-refractivity contribution >= 4 is 5.97 Å². The Morgan fingerprint density at radius 3 is 2.81 bits per heavy atom. The maximum atomic E-state index is 12.1. The van der Waals surface area contributed by atoms with Crippen LogP contribution in [0.3, 0.4) is 0 Å². The molecule has 2 rings (SSSR count). The molecule has 2 heterocycles. The highest BCUT2D eigenvalue weighted by atomic mass is 16.5. The lowest BCUT2D eigenvalue weighted by molar-refractivity contribution is -0.148. The molecule has 0 aliphatic carbocycles. The van der Waals surface area contributed by atoms with Crippen LogP contribution in [-0.2, 0) is 9.53 Å². The number of hydrogen-bond donors (Lipinski definition) is 1. The number of nitrogens with zero attached hydrogens (tertiary/aromatic N) is 2. The molecule has 0 saturated carbocycles. The van der Waals surface area contributed by atoms with Gasteiger partial charge in [-0.2, -0.15) is 0 Å². The highest BCUT2D eigenvalue weighted by Crippen LogP contribution is 2.22. The molecular formula is C16H31N3O2. The fourth-order valence-corrected chi connectivity index (χ4v) is 3.74. The summed E-state index contributed by atoms with van der Waals surface area (Å²) in [7, 11) is 1.47. The molecule has 2 aliphatic rings. The smallest absolute Gasteiger partial charge is 0.325 e. The lowest BCUT2D eigenvalue weighted by Gasteiger charge is -2.39. The summed E-state index contributed by atoms with van der Waals surface area (Å²) in [5.74, 6) is -0.157. The lowest BCUT2D eigenvalue weighted by Crippen LogP contribution is -2.56. The number of carbonyl (C=O) groups excluding carboxylic acids is 1. The van der Waals surface area contributed by atoms with E-state index in [0.29, 0.717) is 0 Å². The topological polar surface area (TPSA) is 44.8 Å². The Morgan fingerprint density at radius 2 is 2.14 bits per heavy atom. The molecule has 2 unspecified atom stereocenters. The molecule has 122 valence electrons. The molecule has 0 aromatic heterocycles. The molecule has 0 spiro atoms. The van der Waals surface area contributed by atoms with Gasteiger partial charge >= 0.3 is 5.97 Å². The van der Waals surface area contributed by atoms with Crippen LogP contribution in [0.4, 0.5) is 0 Å². The summed E-state index contributed by atoms with van der Waals surface area (Å²) in [6.07, 6.45) is 3.47. The van der Waals surface area contributed by atoms with Crippen molar-refractivity contribution in [2.45, 2.75) is 57.7 Å². The van der Waals surface area contributed by atoms with E-state index in [9.17, 15) is 4.79 Å². The van der Waals surface area contributed by atoms with Crippen LogP contribution in [0.1, 0.15) is 40.0 Å². The number of hydrogen-bond acceptors (Lipinski definition) is 5. The van der Waals surface area contributed by atoms with Gasteiger partial charge in [0.1, 0.15) is 5.54 Å². The van der Waals surface area contributed by atoms with E-state index >= 15 is 0 Å². The minimum atomic E-state index is -0.588. The predicted octanol–water partition coefficient (Wildman–Crippen LogP) is 1.09. The summed E-state index contributed by atoms with van der Waals surface area (Å²) in [4.78, 5) is 17.2. The van der Waals surface area contributed by atoms with Crippen molar-refractivity contribution < 1.29 is 9.53 Å². The summed E-state index contributed by atoms with van der Waals surface area (Å²) in [6.45, 7) is 11.8. The maximum absolute atomic E-state index is 12.1. The Bertz CT molecular complexity index is 361. The summed E-state index contributed by atoms with van der Waals surface area (Å²) in [5.41, 5.74) is -0.588. The van der Waals surface area contributed by atoms with Crippen LogP contribution >= 0.6 is 0 Å². The molecule has 2 fully saturated rings. The summed E-state index contributed by atoms with van der Waals surface area (Å²) in [6, 6.07) is 1.00. The Hall–Kier alpha value is -0.650. The van der Waals surface area contributed by atoms with E-state index in [4.69, 9.17) is 4.74 Å². The number of rotatable bonds is 6. The Balaban J connectivity index is 1.87. The van der Waals surface area contributed by atoms with Gasteiger partial charge < -0.3 is 9.64 Å². The Morgan fingerprint density at radius 1 is 1.38 bits per heavy atom. The van der Waals surface area contributed by atoms with E-state index in [2.05, 4.69) is 29.0 Å². The van der Waals surface area contributed by atoms with Gasteiger partial charge in [-0.15, -0.1) is 0 Å². The van der Waals surface area contributed by atoms with Gasteiger partial charge in [0.05, 0.1) is 7.11 Å². The molecule has 5 nitrogen and oxygen atoms in total. The second-order valence-electron chi connectivity index (χ2n) is 7.01. The molecular weight excluding hydrogens is 266 g/mol. The van der Waals surface area contributed by atoms with Gasteiger partial charge in [-0.25, -0.2) is 0 Å². The molecule has 0 amide bonds. The van der Waals surface area contributed by atoms with Crippen LogP contribution in [-0.4, -0.2) is 73.2 Å². The highest BCUT2D eigenvalue weighted by molar-refractivity contribution is 5.80. The van der Waals surface area contributed by atoms with Crippen molar-refractivity contribution in [1.82, 2.24) is 15.1 Å².